The molecule has 2 aromatic rings. The second kappa shape index (κ2) is 5.94. The Morgan fingerprint density at radius 3 is 2.74 bits per heavy atom. The van der Waals surface area contributed by atoms with E-state index in [1.807, 2.05) is 13.0 Å². The Kier molecular flexibility index (Phi) is 4.50. The highest BCUT2D eigenvalue weighted by atomic mass is 79.9. The first kappa shape index (κ1) is 14.4. The molecule has 0 spiro atoms. The van der Waals surface area contributed by atoms with Crippen molar-refractivity contribution in [3.8, 4) is 5.75 Å². The topological polar surface area (TPSA) is 38.3 Å². The van der Waals surface area contributed by atoms with E-state index < -0.39 is 0 Å². The van der Waals surface area contributed by atoms with Crippen molar-refractivity contribution in [1.29, 1.82) is 0 Å². The number of thiophene rings is 1. The fraction of sp³-hybridized carbons (Fsp3) is 0.154. The zero-order valence-corrected chi connectivity index (χ0v) is 13.4. The molecule has 0 saturated carbocycles. The summed E-state index contributed by atoms with van der Waals surface area (Å²) >= 11 is 10.8. The predicted molar refractivity (Wildman–Crippen MR) is 82.7 cm³/mol. The minimum Gasteiger partial charge on any atom is -0.497 e. The number of hydrogen-bond donors (Lipinski definition) is 1. The second-order valence-corrected chi connectivity index (χ2v) is 6.64. The highest BCUT2D eigenvalue weighted by Gasteiger charge is 2.13. The summed E-state index contributed by atoms with van der Waals surface area (Å²) in [5, 5.41) is 3.25. The van der Waals surface area contributed by atoms with Crippen molar-refractivity contribution in [2.45, 2.75) is 6.92 Å². The first-order valence-corrected chi connectivity index (χ1v) is 7.41. The van der Waals surface area contributed by atoms with Gasteiger partial charge in [-0.15, -0.1) is 11.3 Å². The molecule has 1 N–H and O–H groups in total. The van der Waals surface area contributed by atoms with E-state index in [2.05, 4.69) is 21.2 Å². The number of anilines is 1. The van der Waals surface area contributed by atoms with Gasteiger partial charge in [-0.3, -0.25) is 4.79 Å². The van der Waals surface area contributed by atoms with E-state index in [-0.39, 0.29) is 5.91 Å². The van der Waals surface area contributed by atoms with Gasteiger partial charge >= 0.3 is 0 Å². The molecule has 1 aromatic carbocycles. The number of rotatable bonds is 3. The van der Waals surface area contributed by atoms with Crippen LogP contribution in [0.3, 0.4) is 0 Å². The molecule has 0 unspecified atom stereocenters. The zero-order valence-electron chi connectivity index (χ0n) is 10.3. The third-order valence-corrected chi connectivity index (χ3v) is 4.97. The molecule has 0 saturated heterocycles. The van der Waals surface area contributed by atoms with Crippen molar-refractivity contribution in [3.05, 3.63) is 43.5 Å². The van der Waals surface area contributed by atoms with Crippen LogP contribution in [-0.2, 0) is 0 Å². The van der Waals surface area contributed by atoms with E-state index in [1.165, 1.54) is 11.3 Å². The van der Waals surface area contributed by atoms with E-state index in [0.717, 1.165) is 9.35 Å². The molecule has 1 aromatic heterocycles. The van der Waals surface area contributed by atoms with Crippen LogP contribution in [-0.4, -0.2) is 13.0 Å². The van der Waals surface area contributed by atoms with Gasteiger partial charge in [-0.25, -0.2) is 0 Å². The van der Waals surface area contributed by atoms with Gasteiger partial charge in [0.15, 0.2) is 0 Å². The fourth-order valence-corrected chi connectivity index (χ4v) is 3.08. The zero-order chi connectivity index (χ0) is 14.0. The van der Waals surface area contributed by atoms with E-state index in [0.29, 0.717) is 21.3 Å². The molecule has 0 aliphatic carbocycles. The van der Waals surface area contributed by atoms with Crippen LogP contribution in [0.1, 0.15) is 15.2 Å². The van der Waals surface area contributed by atoms with Gasteiger partial charge in [0, 0.05) is 6.07 Å². The van der Waals surface area contributed by atoms with Crippen LogP contribution in [0.4, 0.5) is 5.69 Å². The molecule has 1 heterocycles. The predicted octanol–water partition coefficient (Wildman–Crippen LogP) is 4.73. The number of nitrogens with one attached hydrogen (secondary N) is 1. The van der Waals surface area contributed by atoms with Gasteiger partial charge in [-0.1, -0.05) is 11.6 Å². The average Bonchev–Trinajstić information content (AvgIpc) is 2.72. The normalized spacial score (nSPS) is 10.3. The van der Waals surface area contributed by atoms with Gasteiger partial charge in [0.25, 0.3) is 5.91 Å². The molecule has 6 heteroatoms. The Balaban J connectivity index is 2.23. The second-order valence-electron chi connectivity index (χ2n) is 3.87. The molecule has 0 atom stereocenters. The Morgan fingerprint density at radius 1 is 1.42 bits per heavy atom. The Morgan fingerprint density at radius 2 is 2.16 bits per heavy atom. The van der Waals surface area contributed by atoms with Crippen LogP contribution in [0.25, 0.3) is 0 Å². The number of benzene rings is 1. The molecule has 0 aliphatic heterocycles. The van der Waals surface area contributed by atoms with Gasteiger partial charge in [-0.2, -0.15) is 0 Å². The molecular weight excluding hydrogens is 350 g/mol. The first-order chi connectivity index (χ1) is 9.01. The van der Waals surface area contributed by atoms with Gasteiger partial charge < -0.3 is 10.1 Å². The molecule has 100 valence electrons. The summed E-state index contributed by atoms with van der Waals surface area (Å²) in [6.07, 6.45) is 0. The summed E-state index contributed by atoms with van der Waals surface area (Å²) < 4.78 is 6.06. The van der Waals surface area contributed by atoms with Crippen LogP contribution in [0.5, 0.6) is 5.75 Å². The summed E-state index contributed by atoms with van der Waals surface area (Å²) in [6, 6.07) is 6.95. The number of ether oxygens (including phenoxy) is 1. The van der Waals surface area contributed by atoms with Crippen molar-refractivity contribution < 1.29 is 9.53 Å². The summed E-state index contributed by atoms with van der Waals surface area (Å²) in [4.78, 5) is 12.7. The smallest absolute Gasteiger partial charge is 0.265 e. The molecule has 0 radical (unpaired) electrons. The van der Waals surface area contributed by atoms with Crippen LogP contribution < -0.4 is 10.1 Å². The van der Waals surface area contributed by atoms with E-state index in [4.69, 9.17) is 16.3 Å². The molecule has 3 nitrogen and oxygen atoms in total. The van der Waals surface area contributed by atoms with Crippen LogP contribution in [0, 0.1) is 6.92 Å². The third kappa shape index (κ3) is 3.29. The van der Waals surface area contributed by atoms with Crippen molar-refractivity contribution in [1.82, 2.24) is 0 Å². The number of carbonyl (C=O) groups is 1. The Labute approximate surface area is 128 Å². The maximum absolute atomic E-state index is 12.1. The standard InChI is InChI=1S/C13H11BrClNO2S/c1-7-5-11(19-12(7)14)13(17)16-10-6-8(18-2)3-4-9(10)15/h3-6H,1-2H3,(H,16,17). The molecular formula is C13H11BrClNO2S. The maximum atomic E-state index is 12.1. The van der Waals surface area contributed by atoms with Crippen LogP contribution in [0.15, 0.2) is 28.1 Å². The number of methoxy groups -OCH3 is 1. The summed E-state index contributed by atoms with van der Waals surface area (Å²) in [5.74, 6) is 0.456. The van der Waals surface area contributed by atoms with E-state index in [1.54, 1.807) is 25.3 Å². The van der Waals surface area contributed by atoms with Crippen molar-refractivity contribution in [2.24, 2.45) is 0 Å². The first-order valence-electron chi connectivity index (χ1n) is 5.42. The van der Waals surface area contributed by atoms with Gasteiger partial charge in [-0.05, 0) is 46.6 Å². The molecule has 1 amide bonds. The number of hydrogen-bond acceptors (Lipinski definition) is 3. The number of carbonyl (C=O) groups excluding carboxylic acids is 1. The summed E-state index contributed by atoms with van der Waals surface area (Å²) in [7, 11) is 1.56. The molecule has 0 bridgehead atoms. The summed E-state index contributed by atoms with van der Waals surface area (Å²) in [6.45, 7) is 1.94. The summed E-state index contributed by atoms with van der Waals surface area (Å²) in [5.41, 5.74) is 1.57. The Hall–Kier alpha value is -1.04. The van der Waals surface area contributed by atoms with Crippen LogP contribution in [0.2, 0.25) is 5.02 Å². The van der Waals surface area contributed by atoms with Gasteiger partial charge in [0.1, 0.15) is 5.75 Å². The van der Waals surface area contributed by atoms with E-state index >= 15 is 0 Å². The number of aryl methyl sites for hydroxylation is 1. The van der Waals surface area contributed by atoms with Crippen molar-refractivity contribution in [2.75, 3.05) is 12.4 Å². The minimum atomic E-state index is -0.186. The van der Waals surface area contributed by atoms with Crippen molar-refractivity contribution in [3.63, 3.8) is 0 Å². The molecule has 19 heavy (non-hydrogen) atoms. The Bertz CT molecular complexity index is 608. The largest absolute Gasteiger partial charge is 0.497 e. The monoisotopic (exact) mass is 359 g/mol. The lowest BCUT2D eigenvalue weighted by atomic mass is 10.3. The van der Waals surface area contributed by atoms with E-state index in [9.17, 15) is 4.79 Å². The maximum Gasteiger partial charge on any atom is 0.265 e. The average molecular weight is 361 g/mol. The van der Waals surface area contributed by atoms with Crippen LogP contribution >= 0.6 is 38.9 Å². The highest BCUT2D eigenvalue weighted by Crippen LogP contribution is 2.30. The lowest BCUT2D eigenvalue weighted by Crippen LogP contribution is -2.10. The van der Waals surface area contributed by atoms with Gasteiger partial charge in [0.05, 0.1) is 26.5 Å². The molecule has 0 aliphatic rings. The van der Waals surface area contributed by atoms with Crippen molar-refractivity contribution >= 4 is 50.5 Å². The van der Waals surface area contributed by atoms with Gasteiger partial charge in [0.2, 0.25) is 0 Å². The SMILES string of the molecule is COc1ccc(Cl)c(NC(=O)c2cc(C)c(Br)s2)c1. The highest BCUT2D eigenvalue weighted by molar-refractivity contribution is 9.11. The molecule has 2 rings (SSSR count). The number of halogens is 2. The fourth-order valence-electron chi connectivity index (χ4n) is 1.48. The lowest BCUT2D eigenvalue weighted by Gasteiger charge is -2.08. The minimum absolute atomic E-state index is 0.186. The third-order valence-electron chi connectivity index (χ3n) is 2.50. The number of amides is 1. The molecule has 0 fully saturated rings. The quantitative estimate of drug-likeness (QED) is 0.859. The lowest BCUT2D eigenvalue weighted by molar-refractivity contribution is 0.103.